The quantitative estimate of drug-likeness (QED) is 0.138. The van der Waals surface area contributed by atoms with E-state index in [1.165, 1.54) is 0 Å². The Morgan fingerprint density at radius 3 is 2.79 bits per heavy atom. The average Bonchev–Trinajstić information content (AvgIpc) is 3.10. The maximum atomic E-state index is 12.5. The summed E-state index contributed by atoms with van der Waals surface area (Å²) in [5.74, 6) is -3.25. The Kier molecular flexibility index (Phi) is 7.70. The second-order valence-electron chi connectivity index (χ2n) is 5.29. The van der Waals surface area contributed by atoms with Gasteiger partial charge < -0.3 is 21.0 Å². The normalized spacial score (nSPS) is 20.9. The Hall–Kier alpha value is -2.07. The van der Waals surface area contributed by atoms with Crippen LogP contribution < -0.4 is 11.1 Å². The van der Waals surface area contributed by atoms with Gasteiger partial charge in [-0.1, -0.05) is 5.16 Å². The first-order chi connectivity index (χ1) is 13.4. The molecule has 0 bridgehead atoms. The zero-order chi connectivity index (χ0) is 20.4. The van der Waals surface area contributed by atoms with Crippen LogP contribution in [0.4, 0.5) is 9.52 Å². The number of nitrogens with zero attached hydrogens (tertiary/aromatic N) is 4. The molecule has 12 nitrogen and oxygen atoms in total. The van der Waals surface area contributed by atoms with Crippen molar-refractivity contribution in [2.75, 3.05) is 18.3 Å². The van der Waals surface area contributed by atoms with Crippen LogP contribution >= 0.6 is 23.3 Å². The summed E-state index contributed by atoms with van der Waals surface area (Å²) >= 11 is 1.88. The van der Waals surface area contributed by atoms with E-state index in [1.807, 2.05) is 0 Å². The molecule has 4 N–H and O–H groups in total. The molecule has 0 aromatic carbocycles. The summed E-state index contributed by atoms with van der Waals surface area (Å²) in [7, 11) is 0. The molecule has 2 unspecified atom stereocenters. The van der Waals surface area contributed by atoms with Crippen LogP contribution in [-0.2, 0) is 24.0 Å². The number of β-lactam (4-membered cyclic amide) rings is 1. The molecule has 3 heterocycles. The number of fused-ring (bicyclic) bond motifs is 1. The molecule has 0 saturated carbocycles. The first kappa shape index (κ1) is 23.2. The Labute approximate surface area is 192 Å². The van der Waals surface area contributed by atoms with E-state index < -0.39 is 47.5 Å². The van der Waals surface area contributed by atoms with Gasteiger partial charge in [-0.15, -0.1) is 11.8 Å². The Balaban J connectivity index is 0.00000300. The molecule has 29 heavy (non-hydrogen) atoms. The number of rotatable bonds is 7. The predicted octanol–water partition coefficient (Wildman–Crippen LogP) is -1.94. The number of carbonyl (C=O) groups is 4. The number of nitrogen functional groups attached to an aromatic ring is 1. The van der Waals surface area contributed by atoms with Crippen molar-refractivity contribution in [2.45, 2.75) is 11.4 Å². The molecule has 0 aliphatic carbocycles. The molecule has 0 spiro atoms. The van der Waals surface area contributed by atoms with Crippen LogP contribution in [-0.4, -0.2) is 103 Å². The molecule has 0 radical (unpaired) electrons. The number of oxime groups is 1. The number of carboxylic acids is 1. The number of aliphatic carboxylic acids is 1. The number of hydrogen-bond donors (Lipinski definition) is 3. The van der Waals surface area contributed by atoms with Gasteiger partial charge in [0.2, 0.25) is 11.5 Å². The molecule has 3 rings (SSSR count). The van der Waals surface area contributed by atoms with E-state index in [9.17, 15) is 28.7 Å². The molecule has 2 aliphatic rings. The number of thioether (sulfide) groups is 1. The predicted molar refractivity (Wildman–Crippen MR) is 101 cm³/mol. The molecule has 1 fully saturated rings. The number of aldehydes is 1. The topological polar surface area (TPSA) is 177 Å². The summed E-state index contributed by atoms with van der Waals surface area (Å²) in [6, 6.07) is -1.09. The minimum atomic E-state index is -1.42. The van der Waals surface area contributed by atoms with Crippen molar-refractivity contribution in [1.29, 1.82) is 0 Å². The number of carboxylic acid groups (broad SMARTS) is 1. The van der Waals surface area contributed by atoms with Gasteiger partial charge in [-0.3, -0.25) is 19.3 Å². The fourth-order valence-corrected chi connectivity index (χ4v) is 4.27. The van der Waals surface area contributed by atoms with Crippen molar-refractivity contribution < 1.29 is 33.5 Å². The summed E-state index contributed by atoms with van der Waals surface area (Å²) in [5, 5.41) is 14.3. The van der Waals surface area contributed by atoms with Crippen molar-refractivity contribution in [3.63, 3.8) is 0 Å². The van der Waals surface area contributed by atoms with Crippen molar-refractivity contribution in [2.24, 2.45) is 5.16 Å². The van der Waals surface area contributed by atoms with E-state index in [1.54, 1.807) is 0 Å². The van der Waals surface area contributed by atoms with Crippen LogP contribution in [0.5, 0.6) is 0 Å². The molecule has 1 aromatic rings. The summed E-state index contributed by atoms with van der Waals surface area (Å²) in [6.45, 7) is -1.31. The third-order valence-electron chi connectivity index (χ3n) is 3.70. The second-order valence-corrected chi connectivity index (χ2v) is 7.18. The van der Waals surface area contributed by atoms with Gasteiger partial charge in [0.15, 0.2) is 5.13 Å². The van der Waals surface area contributed by atoms with Crippen LogP contribution in [0.3, 0.4) is 0 Å². The zero-order valence-electron chi connectivity index (χ0n) is 13.7. The number of amides is 2. The van der Waals surface area contributed by atoms with Crippen molar-refractivity contribution in [3.8, 4) is 0 Å². The SMILES string of the molecule is Nc1nc(C(=NOCF)C(=O)NC2C(=O)N3C(C(=O)O)=C(C=O)CSC23)ns1.[NaH]. The number of aromatic nitrogens is 2. The standard InChI is InChI=1S/C13H11FN6O6S2.Na.H/c14-3-26-18-5(8-17-13(15)28-19-8)9(22)16-6-10(23)20-7(12(24)25)4(1-21)2-27-11(6)20;;/h1,6,11H,2-3H2,(H,16,22)(H,24,25)(H2,15,17,19);;. The van der Waals surface area contributed by atoms with Gasteiger partial charge in [0.1, 0.15) is 23.4 Å². The molecule has 16 heteroatoms. The fourth-order valence-electron chi connectivity index (χ4n) is 2.55. The molecule has 1 aromatic heterocycles. The number of nitrogens with one attached hydrogen (secondary N) is 1. The molecule has 2 aliphatic heterocycles. The van der Waals surface area contributed by atoms with Crippen LogP contribution in [0.15, 0.2) is 16.4 Å². The third-order valence-corrected chi connectivity index (χ3v) is 5.55. The average molecular weight is 454 g/mol. The van der Waals surface area contributed by atoms with E-state index in [4.69, 9.17) is 5.73 Å². The fraction of sp³-hybridized carbons (Fsp3) is 0.308. The number of anilines is 1. The molecular weight excluding hydrogens is 442 g/mol. The minimum absolute atomic E-state index is 0. The molecule has 2 amide bonds. The zero-order valence-corrected chi connectivity index (χ0v) is 15.3. The van der Waals surface area contributed by atoms with Crippen LogP contribution in [0.2, 0.25) is 0 Å². The van der Waals surface area contributed by atoms with Crippen LogP contribution in [0.25, 0.3) is 0 Å². The first-order valence-corrected chi connectivity index (χ1v) is 9.23. The van der Waals surface area contributed by atoms with Gasteiger partial charge in [0.05, 0.1) is 0 Å². The van der Waals surface area contributed by atoms with Gasteiger partial charge in [-0.05, 0) is 0 Å². The van der Waals surface area contributed by atoms with Crippen LogP contribution in [0, 0.1) is 0 Å². The number of alkyl halides is 1. The van der Waals surface area contributed by atoms with E-state index in [0.29, 0.717) is 6.29 Å². The summed E-state index contributed by atoms with van der Waals surface area (Å²) in [6.07, 6.45) is 0.378. The summed E-state index contributed by atoms with van der Waals surface area (Å²) < 4.78 is 16.1. The summed E-state index contributed by atoms with van der Waals surface area (Å²) in [4.78, 5) is 56.3. The van der Waals surface area contributed by atoms with Crippen molar-refractivity contribution in [3.05, 3.63) is 17.1 Å². The van der Waals surface area contributed by atoms with Crippen molar-refractivity contribution >= 4 is 87.8 Å². The van der Waals surface area contributed by atoms with Gasteiger partial charge in [-0.2, -0.15) is 9.36 Å². The first-order valence-electron chi connectivity index (χ1n) is 7.41. The molecule has 150 valence electrons. The van der Waals surface area contributed by atoms with Gasteiger partial charge in [0.25, 0.3) is 18.7 Å². The Bertz CT molecular complexity index is 923. The summed E-state index contributed by atoms with van der Waals surface area (Å²) in [5.41, 5.74) is 4.50. The molecule has 1 saturated heterocycles. The van der Waals surface area contributed by atoms with Gasteiger partial charge in [0, 0.05) is 22.9 Å². The van der Waals surface area contributed by atoms with Crippen LogP contribution in [0.1, 0.15) is 5.82 Å². The van der Waals surface area contributed by atoms with Gasteiger partial charge in [-0.25, -0.2) is 9.18 Å². The van der Waals surface area contributed by atoms with E-state index in [0.717, 1.165) is 28.2 Å². The molecule has 2 atom stereocenters. The second kappa shape index (κ2) is 9.62. The van der Waals surface area contributed by atoms with E-state index in [2.05, 4.69) is 24.7 Å². The third kappa shape index (κ3) is 4.42. The van der Waals surface area contributed by atoms with Gasteiger partial charge >= 0.3 is 35.5 Å². The monoisotopic (exact) mass is 454 g/mol. The molecular formula is C13H12FN6NaO6S2. The number of nitrogens with two attached hydrogens (primary N) is 1. The Morgan fingerprint density at radius 1 is 1.52 bits per heavy atom. The van der Waals surface area contributed by atoms with E-state index in [-0.39, 0.29) is 51.8 Å². The number of hydrogen-bond acceptors (Lipinski definition) is 11. The maximum absolute atomic E-state index is 12.5. The Morgan fingerprint density at radius 2 is 2.24 bits per heavy atom. The number of halogens is 1. The number of carbonyl (C=O) groups excluding carboxylic acids is 3. The van der Waals surface area contributed by atoms with Crippen molar-refractivity contribution in [1.82, 2.24) is 19.6 Å². The van der Waals surface area contributed by atoms with E-state index >= 15 is 0 Å².